The Bertz CT molecular complexity index is 798. The summed E-state index contributed by atoms with van der Waals surface area (Å²) in [5.74, 6) is 0.385. The molecule has 7 heteroatoms. The van der Waals surface area contributed by atoms with Gasteiger partial charge in [0.2, 0.25) is 11.8 Å². The molecule has 26 heavy (non-hydrogen) atoms. The Labute approximate surface area is 148 Å². The number of amides is 2. The molecule has 5 aliphatic rings. The third-order valence-corrected chi connectivity index (χ3v) is 6.39. The SMILES string of the molecule is O=C1[C@@H]2[C@H]3C=C[C@@H]([C@@H]4C[C@@H]34)[C@H]2C(=O)N1CNc1cccc(C(F)(F)F)c1. The van der Waals surface area contributed by atoms with Gasteiger partial charge in [-0.2, -0.15) is 13.2 Å². The smallest absolute Gasteiger partial charge is 0.367 e. The minimum Gasteiger partial charge on any atom is -0.367 e. The van der Waals surface area contributed by atoms with E-state index in [1.807, 2.05) is 0 Å². The number of imide groups is 1. The van der Waals surface area contributed by atoms with Crippen molar-refractivity contribution in [2.75, 3.05) is 12.0 Å². The van der Waals surface area contributed by atoms with Crippen molar-refractivity contribution in [3.05, 3.63) is 42.0 Å². The van der Waals surface area contributed by atoms with Crippen molar-refractivity contribution in [3.63, 3.8) is 0 Å². The van der Waals surface area contributed by atoms with Gasteiger partial charge >= 0.3 is 6.18 Å². The molecule has 1 aromatic rings. The Morgan fingerprint density at radius 1 is 1.04 bits per heavy atom. The van der Waals surface area contributed by atoms with Crippen LogP contribution in [-0.4, -0.2) is 23.4 Å². The van der Waals surface area contributed by atoms with E-state index in [9.17, 15) is 22.8 Å². The predicted octanol–water partition coefficient (Wildman–Crippen LogP) is 3.13. The minimum atomic E-state index is -4.43. The van der Waals surface area contributed by atoms with Crippen LogP contribution >= 0.6 is 0 Å². The third-order valence-electron chi connectivity index (χ3n) is 6.39. The van der Waals surface area contributed by atoms with Crippen LogP contribution in [0, 0.1) is 35.5 Å². The van der Waals surface area contributed by atoms with Crippen LogP contribution in [0.5, 0.6) is 0 Å². The lowest BCUT2D eigenvalue weighted by Crippen LogP contribution is -2.40. The Balaban J connectivity index is 1.33. The molecular formula is C19H17F3N2O2. The number of hydrogen-bond acceptors (Lipinski definition) is 3. The van der Waals surface area contributed by atoms with Crippen molar-refractivity contribution in [1.29, 1.82) is 0 Å². The number of anilines is 1. The summed E-state index contributed by atoms with van der Waals surface area (Å²) in [7, 11) is 0. The summed E-state index contributed by atoms with van der Waals surface area (Å²) in [6.07, 6.45) is 0.847. The fourth-order valence-corrected chi connectivity index (χ4v) is 5.15. The first-order valence-corrected chi connectivity index (χ1v) is 8.81. The molecule has 0 radical (unpaired) electrons. The van der Waals surface area contributed by atoms with Crippen molar-refractivity contribution in [1.82, 2.24) is 4.90 Å². The molecule has 1 aromatic carbocycles. The van der Waals surface area contributed by atoms with Crippen molar-refractivity contribution < 1.29 is 22.8 Å². The van der Waals surface area contributed by atoms with E-state index in [1.165, 1.54) is 17.0 Å². The van der Waals surface area contributed by atoms with Gasteiger partial charge in [0.15, 0.2) is 0 Å². The molecule has 0 spiro atoms. The topological polar surface area (TPSA) is 49.4 Å². The molecule has 1 heterocycles. The standard InChI is InChI=1S/C19H17F3N2O2/c20-19(21,22)9-2-1-3-10(6-9)23-8-24-17(25)15-11-4-5-12(14-7-13(11)14)16(15)18(24)26/h1-6,11-16,23H,7-8H2/t11-,12-,13-,14-,15+,16+/m0/s1. The molecule has 2 saturated carbocycles. The van der Waals surface area contributed by atoms with Gasteiger partial charge in [0.25, 0.3) is 0 Å². The number of nitrogens with one attached hydrogen (secondary N) is 1. The predicted molar refractivity (Wildman–Crippen MR) is 86.5 cm³/mol. The molecule has 1 N–H and O–H groups in total. The molecule has 136 valence electrons. The van der Waals surface area contributed by atoms with Gasteiger partial charge < -0.3 is 5.32 Å². The van der Waals surface area contributed by atoms with Crippen LogP contribution in [-0.2, 0) is 15.8 Å². The third kappa shape index (κ3) is 2.15. The van der Waals surface area contributed by atoms with Crippen LogP contribution in [0.2, 0.25) is 0 Å². The maximum atomic E-state index is 12.8. The fourth-order valence-electron chi connectivity index (χ4n) is 5.15. The van der Waals surface area contributed by atoms with Crippen molar-refractivity contribution in [2.24, 2.45) is 35.5 Å². The molecule has 2 amide bonds. The highest BCUT2D eigenvalue weighted by molar-refractivity contribution is 6.06. The maximum Gasteiger partial charge on any atom is 0.416 e. The van der Waals surface area contributed by atoms with E-state index in [-0.39, 0.29) is 47.8 Å². The van der Waals surface area contributed by atoms with Gasteiger partial charge in [-0.3, -0.25) is 14.5 Å². The lowest BCUT2D eigenvalue weighted by atomic mass is 9.63. The molecule has 3 fully saturated rings. The number of alkyl halides is 3. The molecule has 1 aliphatic heterocycles. The van der Waals surface area contributed by atoms with Crippen LogP contribution in [0.4, 0.5) is 18.9 Å². The maximum absolute atomic E-state index is 12.8. The van der Waals surface area contributed by atoms with Crippen LogP contribution in [0.25, 0.3) is 0 Å². The number of likely N-dealkylation sites (tertiary alicyclic amines) is 1. The number of rotatable bonds is 3. The van der Waals surface area contributed by atoms with Gasteiger partial charge in [-0.15, -0.1) is 0 Å². The molecule has 0 unspecified atom stereocenters. The summed E-state index contributed by atoms with van der Waals surface area (Å²) < 4.78 is 38.4. The number of hydrogen-bond donors (Lipinski definition) is 1. The zero-order valence-electron chi connectivity index (χ0n) is 13.7. The average Bonchev–Trinajstić information content (AvgIpc) is 3.38. The van der Waals surface area contributed by atoms with Crippen LogP contribution in [0.15, 0.2) is 36.4 Å². The highest BCUT2D eigenvalue weighted by atomic mass is 19.4. The number of benzene rings is 1. The van der Waals surface area contributed by atoms with Crippen LogP contribution in [0.3, 0.4) is 0 Å². The normalized spacial score (nSPS) is 37.0. The monoisotopic (exact) mass is 362 g/mol. The minimum absolute atomic E-state index is 0.0965. The molecule has 4 nitrogen and oxygen atoms in total. The summed E-state index contributed by atoms with van der Waals surface area (Å²) in [6.45, 7) is -0.0965. The zero-order chi connectivity index (χ0) is 18.2. The molecule has 6 rings (SSSR count). The molecule has 6 atom stereocenters. The van der Waals surface area contributed by atoms with Gasteiger partial charge in [-0.05, 0) is 48.3 Å². The Morgan fingerprint density at radius 2 is 1.65 bits per heavy atom. The van der Waals surface area contributed by atoms with Crippen molar-refractivity contribution >= 4 is 17.5 Å². The number of carbonyl (C=O) groups excluding carboxylic acids is 2. The first-order chi connectivity index (χ1) is 12.4. The number of halogens is 3. The highest BCUT2D eigenvalue weighted by Gasteiger charge is 2.66. The van der Waals surface area contributed by atoms with Gasteiger partial charge in [0.1, 0.15) is 0 Å². The highest BCUT2D eigenvalue weighted by Crippen LogP contribution is 2.65. The van der Waals surface area contributed by atoms with Crippen molar-refractivity contribution in [2.45, 2.75) is 12.6 Å². The second kappa shape index (κ2) is 5.11. The number of allylic oxidation sites excluding steroid dienone is 2. The van der Waals surface area contributed by atoms with Gasteiger partial charge in [0, 0.05) is 5.69 Å². The van der Waals surface area contributed by atoms with E-state index in [0.717, 1.165) is 18.6 Å². The lowest BCUT2D eigenvalue weighted by Gasteiger charge is -2.37. The van der Waals surface area contributed by atoms with E-state index in [0.29, 0.717) is 11.8 Å². The summed E-state index contributed by atoms with van der Waals surface area (Å²) in [4.78, 5) is 26.8. The van der Waals surface area contributed by atoms with Gasteiger partial charge in [0.05, 0.1) is 24.1 Å². The summed E-state index contributed by atoms with van der Waals surface area (Å²) >= 11 is 0. The van der Waals surface area contributed by atoms with E-state index < -0.39 is 11.7 Å². The summed E-state index contributed by atoms with van der Waals surface area (Å²) in [6, 6.07) is 4.77. The number of carbonyl (C=O) groups is 2. The van der Waals surface area contributed by atoms with E-state index in [2.05, 4.69) is 17.5 Å². The molecule has 2 bridgehead atoms. The molecular weight excluding hydrogens is 345 g/mol. The first-order valence-electron chi connectivity index (χ1n) is 8.81. The number of nitrogens with zero attached hydrogens (tertiary/aromatic N) is 1. The van der Waals surface area contributed by atoms with Crippen molar-refractivity contribution in [3.8, 4) is 0 Å². The molecule has 1 saturated heterocycles. The Kier molecular flexibility index (Phi) is 3.13. The Hall–Kier alpha value is -2.31. The van der Waals surface area contributed by atoms with E-state index in [1.54, 1.807) is 0 Å². The quantitative estimate of drug-likeness (QED) is 0.664. The summed E-state index contributed by atoms with van der Waals surface area (Å²) in [5, 5.41) is 2.81. The second-order valence-corrected chi connectivity index (χ2v) is 7.67. The Morgan fingerprint density at radius 3 is 2.23 bits per heavy atom. The van der Waals surface area contributed by atoms with E-state index in [4.69, 9.17) is 0 Å². The van der Waals surface area contributed by atoms with E-state index >= 15 is 0 Å². The molecule has 4 aliphatic carbocycles. The molecule has 0 aromatic heterocycles. The first kappa shape index (κ1) is 15.9. The summed E-state index contributed by atoms with van der Waals surface area (Å²) in [5.41, 5.74) is -0.531. The second-order valence-electron chi connectivity index (χ2n) is 7.67. The van der Waals surface area contributed by atoms with Gasteiger partial charge in [-0.1, -0.05) is 18.2 Å². The average molecular weight is 362 g/mol. The zero-order valence-corrected chi connectivity index (χ0v) is 13.7. The van der Waals surface area contributed by atoms with Crippen LogP contribution < -0.4 is 5.32 Å². The lowest BCUT2D eigenvalue weighted by molar-refractivity contribution is -0.140. The largest absolute Gasteiger partial charge is 0.416 e. The van der Waals surface area contributed by atoms with Gasteiger partial charge in [-0.25, -0.2) is 0 Å². The van der Waals surface area contributed by atoms with Crippen LogP contribution in [0.1, 0.15) is 12.0 Å². The fraction of sp³-hybridized carbons (Fsp3) is 0.474.